The fourth-order valence-corrected chi connectivity index (χ4v) is 5.44. The van der Waals surface area contributed by atoms with Crippen LogP contribution in [0.15, 0.2) is 0 Å². The zero-order valence-corrected chi connectivity index (χ0v) is 16.1. The van der Waals surface area contributed by atoms with Crippen molar-refractivity contribution in [1.82, 2.24) is 14.5 Å². The summed E-state index contributed by atoms with van der Waals surface area (Å²) in [6.07, 6.45) is 4.99. The second-order valence-electron chi connectivity index (χ2n) is 7.35. The predicted octanol–water partition coefficient (Wildman–Crippen LogP) is 1.07. The highest BCUT2D eigenvalue weighted by Crippen LogP contribution is 2.37. The monoisotopic (exact) mass is 379 g/mol. The van der Waals surface area contributed by atoms with Gasteiger partial charge in [-0.05, 0) is 51.0 Å². The molecule has 3 saturated heterocycles. The first-order valence-corrected chi connectivity index (χ1v) is 10.5. The number of likely N-dealkylation sites (tertiary alicyclic amines) is 1. The molecule has 0 aromatic rings. The molecule has 1 unspecified atom stereocenters. The second kappa shape index (κ2) is 7.89. The van der Waals surface area contributed by atoms with Crippen molar-refractivity contribution in [3.8, 4) is 0 Å². The van der Waals surface area contributed by atoms with E-state index in [1.165, 1.54) is 10.7 Å². The summed E-state index contributed by atoms with van der Waals surface area (Å²) >= 11 is 0. The Labute approximate surface area is 151 Å². The average Bonchev–Trinajstić information content (AvgIpc) is 3.03. The van der Waals surface area contributed by atoms with Gasteiger partial charge in [0.15, 0.2) is 0 Å². The molecule has 1 atom stereocenters. The van der Waals surface area contributed by atoms with E-state index >= 15 is 0 Å². The molecule has 0 aliphatic carbocycles. The Kier molecular flexibility index (Phi) is 6.56. The highest BCUT2D eigenvalue weighted by Gasteiger charge is 2.40. The molecule has 3 aliphatic rings. The molecule has 140 valence electrons. The Morgan fingerprint density at radius 1 is 1.21 bits per heavy atom. The van der Waals surface area contributed by atoms with Gasteiger partial charge in [-0.3, -0.25) is 4.79 Å². The molecule has 0 aromatic heterocycles. The number of carbonyl (C=O) groups excluding carboxylic acids is 1. The van der Waals surface area contributed by atoms with Gasteiger partial charge in [0.05, 0.1) is 11.7 Å². The first kappa shape index (κ1) is 19.9. The van der Waals surface area contributed by atoms with E-state index in [1.807, 2.05) is 4.90 Å². The van der Waals surface area contributed by atoms with Gasteiger partial charge in [-0.1, -0.05) is 0 Å². The summed E-state index contributed by atoms with van der Waals surface area (Å²) in [7, 11) is -3.18. The van der Waals surface area contributed by atoms with Gasteiger partial charge in [-0.15, -0.1) is 12.4 Å². The zero-order valence-electron chi connectivity index (χ0n) is 14.5. The van der Waals surface area contributed by atoms with E-state index in [0.29, 0.717) is 18.5 Å². The number of piperidine rings is 2. The van der Waals surface area contributed by atoms with Crippen LogP contribution in [0, 0.1) is 11.3 Å². The standard InChI is InChI=1S/C16H29N3O3S.ClH/c1-2-23(21,22)19-9-3-4-14(12-19)15(20)18-10-6-16(7-11-18)5-8-17-13-16;/h14,17H,2-13H2,1H3;1H. The molecule has 1 spiro atoms. The quantitative estimate of drug-likeness (QED) is 0.796. The highest BCUT2D eigenvalue weighted by molar-refractivity contribution is 7.89. The Balaban J connectivity index is 0.00000208. The molecule has 3 rings (SSSR count). The maximum Gasteiger partial charge on any atom is 0.227 e. The molecule has 1 N–H and O–H groups in total. The molecule has 0 aromatic carbocycles. The molecule has 0 bridgehead atoms. The Hall–Kier alpha value is -0.370. The van der Waals surface area contributed by atoms with Crippen LogP contribution < -0.4 is 5.32 Å². The van der Waals surface area contributed by atoms with Gasteiger partial charge in [0, 0.05) is 32.7 Å². The SMILES string of the molecule is CCS(=O)(=O)N1CCCC(C(=O)N2CCC3(CCNC3)CC2)C1.Cl. The van der Waals surface area contributed by atoms with Crippen LogP contribution in [0.4, 0.5) is 0 Å². The van der Waals surface area contributed by atoms with Crippen LogP contribution in [0.2, 0.25) is 0 Å². The summed E-state index contributed by atoms with van der Waals surface area (Å²) in [6, 6.07) is 0. The van der Waals surface area contributed by atoms with Crippen molar-refractivity contribution in [2.75, 3.05) is 45.0 Å². The van der Waals surface area contributed by atoms with Crippen molar-refractivity contribution in [2.45, 2.75) is 39.0 Å². The van der Waals surface area contributed by atoms with Crippen LogP contribution >= 0.6 is 12.4 Å². The normalized spacial score (nSPS) is 27.9. The van der Waals surface area contributed by atoms with Crippen LogP contribution in [0.25, 0.3) is 0 Å². The fourth-order valence-electron chi connectivity index (χ4n) is 4.26. The summed E-state index contributed by atoms with van der Waals surface area (Å²) in [5.74, 6) is 0.135. The maximum absolute atomic E-state index is 12.8. The molecule has 8 heteroatoms. The van der Waals surface area contributed by atoms with Crippen molar-refractivity contribution in [1.29, 1.82) is 0 Å². The molecular formula is C16H30ClN3O3S. The summed E-state index contributed by atoms with van der Waals surface area (Å²) in [5, 5.41) is 3.44. The average molecular weight is 380 g/mol. The zero-order chi connectivity index (χ0) is 16.5. The van der Waals surface area contributed by atoms with Crippen LogP contribution in [-0.4, -0.2) is 68.6 Å². The Morgan fingerprint density at radius 2 is 1.92 bits per heavy atom. The van der Waals surface area contributed by atoms with Gasteiger partial charge < -0.3 is 10.2 Å². The van der Waals surface area contributed by atoms with E-state index in [0.717, 1.165) is 51.9 Å². The molecular weight excluding hydrogens is 350 g/mol. The molecule has 3 fully saturated rings. The third-order valence-corrected chi connectivity index (χ3v) is 7.81. The van der Waals surface area contributed by atoms with Gasteiger partial charge >= 0.3 is 0 Å². The number of rotatable bonds is 3. The van der Waals surface area contributed by atoms with E-state index in [-0.39, 0.29) is 30.0 Å². The number of halogens is 1. The molecule has 24 heavy (non-hydrogen) atoms. The van der Waals surface area contributed by atoms with Crippen LogP contribution in [-0.2, 0) is 14.8 Å². The number of hydrogen-bond acceptors (Lipinski definition) is 4. The van der Waals surface area contributed by atoms with E-state index in [9.17, 15) is 13.2 Å². The number of amides is 1. The summed E-state index contributed by atoms with van der Waals surface area (Å²) in [4.78, 5) is 14.8. The van der Waals surface area contributed by atoms with Gasteiger partial charge in [-0.2, -0.15) is 0 Å². The smallest absolute Gasteiger partial charge is 0.227 e. The lowest BCUT2D eigenvalue weighted by molar-refractivity contribution is -0.138. The van der Waals surface area contributed by atoms with Gasteiger partial charge in [0.25, 0.3) is 0 Å². The first-order chi connectivity index (χ1) is 11.0. The lowest BCUT2D eigenvalue weighted by atomic mass is 9.77. The molecule has 6 nitrogen and oxygen atoms in total. The number of nitrogens with one attached hydrogen (secondary N) is 1. The van der Waals surface area contributed by atoms with Gasteiger partial charge in [-0.25, -0.2) is 12.7 Å². The summed E-state index contributed by atoms with van der Waals surface area (Å²) in [6.45, 7) is 6.45. The third-order valence-electron chi connectivity index (χ3n) is 5.96. The molecule has 0 radical (unpaired) electrons. The van der Waals surface area contributed by atoms with E-state index in [4.69, 9.17) is 0 Å². The topological polar surface area (TPSA) is 69.7 Å². The third kappa shape index (κ3) is 4.06. The fraction of sp³-hybridized carbons (Fsp3) is 0.938. The van der Waals surface area contributed by atoms with Crippen molar-refractivity contribution < 1.29 is 13.2 Å². The van der Waals surface area contributed by atoms with Crippen LogP contribution in [0.3, 0.4) is 0 Å². The van der Waals surface area contributed by atoms with Crippen molar-refractivity contribution in [2.24, 2.45) is 11.3 Å². The minimum Gasteiger partial charge on any atom is -0.342 e. The molecule has 1 amide bonds. The Bertz CT molecular complexity index is 539. The van der Waals surface area contributed by atoms with E-state index in [2.05, 4.69) is 5.32 Å². The maximum atomic E-state index is 12.8. The van der Waals surface area contributed by atoms with Crippen LogP contribution in [0.5, 0.6) is 0 Å². The van der Waals surface area contributed by atoms with Crippen molar-refractivity contribution in [3.05, 3.63) is 0 Å². The minimum atomic E-state index is -3.18. The van der Waals surface area contributed by atoms with Crippen molar-refractivity contribution >= 4 is 28.3 Å². The van der Waals surface area contributed by atoms with Gasteiger partial charge in [0.2, 0.25) is 15.9 Å². The number of nitrogens with zero attached hydrogens (tertiary/aromatic N) is 2. The molecule has 0 saturated carbocycles. The number of hydrogen-bond donors (Lipinski definition) is 1. The molecule has 3 heterocycles. The first-order valence-electron chi connectivity index (χ1n) is 8.93. The highest BCUT2D eigenvalue weighted by atomic mass is 35.5. The summed E-state index contributed by atoms with van der Waals surface area (Å²) < 4.78 is 25.6. The van der Waals surface area contributed by atoms with E-state index < -0.39 is 10.0 Å². The minimum absolute atomic E-state index is 0. The van der Waals surface area contributed by atoms with Gasteiger partial charge in [0.1, 0.15) is 0 Å². The number of carbonyl (C=O) groups is 1. The lowest BCUT2D eigenvalue weighted by Gasteiger charge is -2.41. The van der Waals surface area contributed by atoms with Crippen LogP contribution in [0.1, 0.15) is 39.0 Å². The largest absolute Gasteiger partial charge is 0.342 e. The lowest BCUT2D eigenvalue weighted by Crippen LogP contribution is -2.50. The predicted molar refractivity (Wildman–Crippen MR) is 96.7 cm³/mol. The second-order valence-corrected chi connectivity index (χ2v) is 9.61. The summed E-state index contributed by atoms with van der Waals surface area (Å²) in [5.41, 5.74) is 0.404. The Morgan fingerprint density at radius 3 is 2.50 bits per heavy atom. The van der Waals surface area contributed by atoms with Crippen molar-refractivity contribution in [3.63, 3.8) is 0 Å². The number of sulfonamides is 1. The van der Waals surface area contributed by atoms with E-state index in [1.54, 1.807) is 6.92 Å². The molecule has 3 aliphatic heterocycles.